The first-order valence-electron chi connectivity index (χ1n) is 10.0. The van der Waals surface area contributed by atoms with Crippen LogP contribution >= 0.6 is 11.3 Å². The maximum absolute atomic E-state index is 13.1. The van der Waals surface area contributed by atoms with Crippen molar-refractivity contribution in [1.82, 2.24) is 4.98 Å². The highest BCUT2D eigenvalue weighted by Gasteiger charge is 2.23. The first-order valence-corrected chi connectivity index (χ1v) is 14.2. The number of nitrogens with zero attached hydrogens (tertiary/aromatic N) is 2. The minimum Gasteiger partial charge on any atom is -0.298 e. The van der Waals surface area contributed by atoms with Crippen LogP contribution in [0.25, 0.3) is 10.2 Å². The Hall–Kier alpha value is -3.28. The van der Waals surface area contributed by atoms with Crippen LogP contribution in [0.1, 0.15) is 15.9 Å². The van der Waals surface area contributed by atoms with Crippen LogP contribution < -0.4 is 9.62 Å². The SMILES string of the molecule is Cc1ccc(N(C)S(=O)(=O)c2cccc(C(=O)Nc3nc4ccc(S(C)(=O)=O)cc4s3)c2)cc1. The highest BCUT2D eigenvalue weighted by molar-refractivity contribution is 7.92. The van der Waals surface area contributed by atoms with Gasteiger partial charge < -0.3 is 0 Å². The lowest BCUT2D eigenvalue weighted by atomic mass is 10.2. The molecule has 0 unspecified atom stereocenters. The number of hydrogen-bond acceptors (Lipinski definition) is 7. The quantitative estimate of drug-likeness (QED) is 0.414. The summed E-state index contributed by atoms with van der Waals surface area (Å²) in [7, 11) is -5.80. The fourth-order valence-corrected chi connectivity index (χ4v) is 6.07. The lowest BCUT2D eigenvalue weighted by Crippen LogP contribution is -2.26. The fraction of sp³-hybridized carbons (Fsp3) is 0.130. The second-order valence-corrected chi connectivity index (χ2v) is 12.7. The molecular formula is C23H21N3O5S3. The lowest BCUT2D eigenvalue weighted by molar-refractivity contribution is 0.102. The minimum absolute atomic E-state index is 0.0229. The Morgan fingerprint density at radius 2 is 1.65 bits per heavy atom. The summed E-state index contributed by atoms with van der Waals surface area (Å²) in [4.78, 5) is 17.3. The normalized spacial score (nSPS) is 12.0. The second kappa shape index (κ2) is 8.82. The predicted molar refractivity (Wildman–Crippen MR) is 134 cm³/mol. The van der Waals surface area contributed by atoms with Gasteiger partial charge in [-0.25, -0.2) is 21.8 Å². The number of amides is 1. The number of anilines is 2. The number of hydrogen-bond donors (Lipinski definition) is 1. The average Bonchev–Trinajstić information content (AvgIpc) is 3.20. The van der Waals surface area contributed by atoms with Gasteiger partial charge in [-0.1, -0.05) is 35.1 Å². The summed E-state index contributed by atoms with van der Waals surface area (Å²) in [5.41, 5.74) is 2.21. The number of fused-ring (bicyclic) bond motifs is 1. The van der Waals surface area contributed by atoms with Crippen molar-refractivity contribution in [3.8, 4) is 0 Å². The van der Waals surface area contributed by atoms with Crippen LogP contribution in [0.5, 0.6) is 0 Å². The van der Waals surface area contributed by atoms with E-state index in [-0.39, 0.29) is 20.5 Å². The number of sulfonamides is 1. The molecule has 1 aromatic heterocycles. The molecule has 0 radical (unpaired) electrons. The first kappa shape index (κ1) is 23.9. The number of rotatable bonds is 6. The van der Waals surface area contributed by atoms with E-state index in [2.05, 4.69) is 10.3 Å². The van der Waals surface area contributed by atoms with E-state index in [0.717, 1.165) is 27.5 Å². The van der Waals surface area contributed by atoms with Crippen LogP contribution in [0.4, 0.5) is 10.8 Å². The molecule has 0 saturated heterocycles. The van der Waals surface area contributed by atoms with Crippen LogP contribution in [0.3, 0.4) is 0 Å². The standard InChI is InChI=1S/C23H21N3O5S3/c1-15-7-9-17(10-8-15)26(2)34(30,31)19-6-4-5-16(13-19)22(27)25-23-24-20-12-11-18(33(3,28)29)14-21(20)32-23/h4-14H,1-3H3,(H,24,25,27). The third-order valence-corrected chi connectivity index (χ3v) is 8.99. The fourth-order valence-electron chi connectivity index (χ4n) is 3.21. The number of sulfone groups is 1. The Bertz CT molecular complexity index is 1610. The van der Waals surface area contributed by atoms with Crippen molar-refractivity contribution >= 4 is 58.1 Å². The smallest absolute Gasteiger partial charge is 0.264 e. The molecule has 1 amide bonds. The molecule has 34 heavy (non-hydrogen) atoms. The Morgan fingerprint density at radius 3 is 2.32 bits per heavy atom. The van der Waals surface area contributed by atoms with E-state index in [4.69, 9.17) is 0 Å². The van der Waals surface area contributed by atoms with Gasteiger partial charge in [0, 0.05) is 18.9 Å². The van der Waals surface area contributed by atoms with Crippen molar-refractivity contribution in [3.63, 3.8) is 0 Å². The Kier molecular flexibility index (Phi) is 6.19. The molecule has 4 rings (SSSR count). The summed E-state index contributed by atoms with van der Waals surface area (Å²) < 4.78 is 51.5. The van der Waals surface area contributed by atoms with Crippen LogP contribution in [-0.4, -0.2) is 41.0 Å². The maximum Gasteiger partial charge on any atom is 0.264 e. The third-order valence-electron chi connectivity index (χ3n) is 5.16. The second-order valence-electron chi connectivity index (χ2n) is 7.71. The number of nitrogens with one attached hydrogen (secondary N) is 1. The summed E-state index contributed by atoms with van der Waals surface area (Å²) in [5.74, 6) is -0.530. The van der Waals surface area contributed by atoms with E-state index in [0.29, 0.717) is 15.9 Å². The van der Waals surface area contributed by atoms with E-state index in [1.807, 2.05) is 19.1 Å². The van der Waals surface area contributed by atoms with Gasteiger partial charge in [-0.2, -0.15) is 0 Å². The van der Waals surface area contributed by atoms with E-state index >= 15 is 0 Å². The van der Waals surface area contributed by atoms with Crippen molar-refractivity contribution in [3.05, 3.63) is 77.9 Å². The number of carbonyl (C=O) groups is 1. The summed E-state index contributed by atoms with van der Waals surface area (Å²) >= 11 is 1.13. The molecule has 4 aromatic rings. The number of thiazole rings is 1. The zero-order chi connectivity index (χ0) is 24.7. The first-order chi connectivity index (χ1) is 15.9. The van der Waals surface area contributed by atoms with E-state index in [9.17, 15) is 21.6 Å². The van der Waals surface area contributed by atoms with Gasteiger partial charge in [0.25, 0.3) is 15.9 Å². The van der Waals surface area contributed by atoms with Crippen LogP contribution in [0.2, 0.25) is 0 Å². The van der Waals surface area contributed by atoms with Gasteiger partial charge in [-0.15, -0.1) is 0 Å². The van der Waals surface area contributed by atoms with Crippen LogP contribution in [0, 0.1) is 6.92 Å². The Balaban J connectivity index is 1.59. The molecule has 8 nitrogen and oxygen atoms in total. The number of benzene rings is 3. The summed E-state index contributed by atoms with van der Waals surface area (Å²) in [5, 5.41) is 2.94. The Morgan fingerprint density at radius 1 is 0.941 bits per heavy atom. The summed E-state index contributed by atoms with van der Waals surface area (Å²) in [6, 6.07) is 17.4. The van der Waals surface area contributed by atoms with Crippen molar-refractivity contribution in [2.45, 2.75) is 16.7 Å². The van der Waals surface area contributed by atoms with Gasteiger partial charge in [0.05, 0.1) is 25.7 Å². The number of aromatic nitrogens is 1. The average molecular weight is 516 g/mol. The monoisotopic (exact) mass is 515 g/mol. The van der Waals surface area contributed by atoms with Gasteiger partial charge in [-0.05, 0) is 55.5 Å². The van der Waals surface area contributed by atoms with E-state index in [1.165, 1.54) is 43.4 Å². The largest absolute Gasteiger partial charge is 0.298 e. The lowest BCUT2D eigenvalue weighted by Gasteiger charge is -2.20. The van der Waals surface area contributed by atoms with Gasteiger partial charge in [0.15, 0.2) is 15.0 Å². The number of carbonyl (C=O) groups excluding carboxylic acids is 1. The molecule has 1 N–H and O–H groups in total. The molecule has 176 valence electrons. The molecule has 11 heteroatoms. The van der Waals surface area contributed by atoms with E-state index in [1.54, 1.807) is 18.2 Å². The molecule has 0 fully saturated rings. The molecule has 0 aliphatic heterocycles. The molecule has 0 atom stereocenters. The summed E-state index contributed by atoms with van der Waals surface area (Å²) in [6.45, 7) is 1.91. The van der Waals surface area contributed by atoms with Crippen LogP contribution in [-0.2, 0) is 19.9 Å². The molecule has 0 aliphatic carbocycles. The molecule has 0 bridgehead atoms. The minimum atomic E-state index is -3.89. The number of aryl methyl sites for hydroxylation is 1. The van der Waals surface area contributed by atoms with E-state index < -0.39 is 25.8 Å². The summed E-state index contributed by atoms with van der Waals surface area (Å²) in [6.07, 6.45) is 1.12. The molecule has 0 saturated carbocycles. The molecular weight excluding hydrogens is 494 g/mol. The van der Waals surface area contributed by atoms with Crippen molar-refractivity contribution < 1.29 is 21.6 Å². The Labute approximate surface area is 201 Å². The highest BCUT2D eigenvalue weighted by atomic mass is 32.2. The molecule has 0 aliphatic rings. The van der Waals surface area contributed by atoms with Crippen molar-refractivity contribution in [2.75, 3.05) is 22.9 Å². The van der Waals surface area contributed by atoms with Gasteiger partial charge in [0.1, 0.15) is 0 Å². The van der Waals surface area contributed by atoms with Crippen molar-refractivity contribution in [1.29, 1.82) is 0 Å². The zero-order valence-electron chi connectivity index (χ0n) is 18.5. The third kappa shape index (κ3) is 4.81. The van der Waals surface area contributed by atoms with Crippen LogP contribution in [0.15, 0.2) is 76.5 Å². The topological polar surface area (TPSA) is 114 Å². The van der Waals surface area contributed by atoms with Crippen molar-refractivity contribution in [2.24, 2.45) is 0 Å². The molecule has 3 aromatic carbocycles. The molecule has 1 heterocycles. The maximum atomic E-state index is 13.1. The van der Waals surface area contributed by atoms with Gasteiger partial charge >= 0.3 is 0 Å². The van der Waals surface area contributed by atoms with Gasteiger partial charge in [-0.3, -0.25) is 14.4 Å². The zero-order valence-corrected chi connectivity index (χ0v) is 21.0. The van der Waals surface area contributed by atoms with Gasteiger partial charge in [0.2, 0.25) is 0 Å². The predicted octanol–water partition coefficient (Wildman–Crippen LogP) is 4.09. The highest BCUT2D eigenvalue weighted by Crippen LogP contribution is 2.29. The molecule has 0 spiro atoms.